The van der Waals surface area contributed by atoms with Crippen LogP contribution in [0.15, 0.2) is 59.3 Å². The van der Waals surface area contributed by atoms with Gasteiger partial charge in [-0.25, -0.2) is 0 Å². The minimum Gasteiger partial charge on any atom is -0.361 e. The number of carbonyl (C=O) groups is 2. The van der Waals surface area contributed by atoms with E-state index in [2.05, 4.69) is 49.1 Å². The quantitative estimate of drug-likeness (QED) is 0.264. The summed E-state index contributed by atoms with van der Waals surface area (Å²) in [6, 6.07) is 13.8. The normalized spacial score (nSPS) is 14.2. The number of hydrogen-bond donors (Lipinski definition) is 3. The van der Waals surface area contributed by atoms with Crippen molar-refractivity contribution in [1.29, 1.82) is 0 Å². The first-order valence-electron chi connectivity index (χ1n) is 10.7. The van der Waals surface area contributed by atoms with Gasteiger partial charge in [0.2, 0.25) is 0 Å². The average Bonchev–Trinajstić information content (AvgIpc) is 3.44. The fraction of sp³-hybridized carbons (Fsp3) is 0.200. The molecule has 5 rings (SSSR count). The first kappa shape index (κ1) is 20.7. The monoisotopic (exact) mass is 490 g/mol. The van der Waals surface area contributed by atoms with Gasteiger partial charge in [0.15, 0.2) is 0 Å². The molecular weight excluding hydrogens is 468 g/mol. The molecule has 1 aliphatic heterocycles. The highest BCUT2D eigenvalue weighted by Crippen LogP contribution is 2.38. The number of amides is 2. The number of H-pyrrole nitrogens is 1. The lowest BCUT2D eigenvalue weighted by atomic mass is 9.95. The molecule has 3 heterocycles. The highest BCUT2D eigenvalue weighted by molar-refractivity contribution is 9.10. The molecule has 2 aromatic heterocycles. The van der Waals surface area contributed by atoms with Crippen LogP contribution in [0.5, 0.6) is 0 Å². The third kappa shape index (κ3) is 3.47. The predicted molar refractivity (Wildman–Crippen MR) is 131 cm³/mol. The molecule has 1 aliphatic rings. The fourth-order valence-electron chi connectivity index (χ4n) is 4.45. The van der Waals surface area contributed by atoms with Gasteiger partial charge < -0.3 is 14.9 Å². The van der Waals surface area contributed by atoms with Crippen LogP contribution < -0.4 is 10.6 Å². The molecule has 0 radical (unpaired) electrons. The van der Waals surface area contributed by atoms with E-state index < -0.39 is 0 Å². The molecule has 0 saturated heterocycles. The summed E-state index contributed by atoms with van der Waals surface area (Å²) >= 11 is 3.57. The summed E-state index contributed by atoms with van der Waals surface area (Å²) in [6.45, 7) is 4.76. The van der Waals surface area contributed by atoms with Gasteiger partial charge in [0.1, 0.15) is 0 Å². The van der Waals surface area contributed by atoms with Crippen LogP contribution in [0.2, 0.25) is 0 Å². The van der Waals surface area contributed by atoms with E-state index in [1.54, 1.807) is 0 Å². The molecule has 0 spiro atoms. The van der Waals surface area contributed by atoms with Gasteiger partial charge >= 0.3 is 0 Å². The van der Waals surface area contributed by atoms with Gasteiger partial charge in [-0.05, 0) is 37.7 Å². The van der Waals surface area contributed by atoms with Crippen molar-refractivity contribution in [2.24, 2.45) is 0 Å². The number of rotatable bonds is 7. The number of aromatic amines is 1. The summed E-state index contributed by atoms with van der Waals surface area (Å²) < 4.78 is 3.14. The molecule has 2 amide bonds. The molecular formula is C25H23BrN4O2. The Morgan fingerprint density at radius 3 is 2.59 bits per heavy atom. The van der Waals surface area contributed by atoms with Crippen LogP contribution in [-0.2, 0) is 16.1 Å². The molecule has 2 aromatic carbocycles. The Morgan fingerprint density at radius 2 is 1.78 bits per heavy atom. The molecule has 0 fully saturated rings. The summed E-state index contributed by atoms with van der Waals surface area (Å²) in [5.41, 5.74) is 4.32. The summed E-state index contributed by atoms with van der Waals surface area (Å²) in [7, 11) is 0. The number of aryl methyl sites for hydroxylation is 1. The Hall–Kier alpha value is -3.16. The maximum Gasteiger partial charge on any atom is 0.259 e. The van der Waals surface area contributed by atoms with Crippen LogP contribution in [-0.4, -0.2) is 34.5 Å². The number of para-hydroxylation sites is 1. The third-order valence-corrected chi connectivity index (χ3v) is 6.40. The predicted octanol–water partition coefficient (Wildman–Crippen LogP) is 4.45. The second kappa shape index (κ2) is 8.41. The zero-order valence-electron chi connectivity index (χ0n) is 17.7. The molecule has 32 heavy (non-hydrogen) atoms. The third-order valence-electron chi connectivity index (χ3n) is 5.91. The van der Waals surface area contributed by atoms with Crippen LogP contribution in [0.25, 0.3) is 33.0 Å². The van der Waals surface area contributed by atoms with Crippen LogP contribution >= 0.6 is 15.9 Å². The number of imide groups is 1. The Kier molecular flexibility index (Phi) is 5.45. The molecule has 0 bridgehead atoms. The van der Waals surface area contributed by atoms with Crippen LogP contribution in [0.4, 0.5) is 0 Å². The highest BCUT2D eigenvalue weighted by Gasteiger charge is 2.35. The Balaban J connectivity index is 1.70. The van der Waals surface area contributed by atoms with Crippen molar-refractivity contribution >= 4 is 60.7 Å². The smallest absolute Gasteiger partial charge is 0.259 e. The van der Waals surface area contributed by atoms with E-state index in [9.17, 15) is 9.59 Å². The number of hydrogen-bond acceptors (Lipinski definition) is 3. The van der Waals surface area contributed by atoms with Crippen molar-refractivity contribution in [2.75, 3.05) is 13.1 Å². The minimum atomic E-state index is -0.361. The molecule has 0 saturated carbocycles. The largest absolute Gasteiger partial charge is 0.361 e. The number of carbonyl (C=O) groups excluding carboxylic acids is 2. The zero-order chi connectivity index (χ0) is 22.2. The lowest BCUT2D eigenvalue weighted by Gasteiger charge is -2.06. The van der Waals surface area contributed by atoms with Gasteiger partial charge in [-0.2, -0.15) is 0 Å². The summed E-state index contributed by atoms with van der Waals surface area (Å²) in [4.78, 5) is 29.2. The first-order valence-corrected chi connectivity index (χ1v) is 11.5. The van der Waals surface area contributed by atoms with Crippen LogP contribution in [0.1, 0.15) is 24.5 Å². The van der Waals surface area contributed by atoms with E-state index in [1.165, 1.54) is 0 Å². The number of nitrogens with zero attached hydrogens (tertiary/aromatic N) is 1. The van der Waals surface area contributed by atoms with Crippen molar-refractivity contribution in [2.45, 2.75) is 19.9 Å². The number of benzene rings is 2. The van der Waals surface area contributed by atoms with E-state index in [-0.39, 0.29) is 11.8 Å². The molecule has 162 valence electrons. The summed E-state index contributed by atoms with van der Waals surface area (Å²) in [5.74, 6) is -0.718. The second-order valence-corrected chi connectivity index (χ2v) is 8.80. The Bertz CT molecular complexity index is 1400. The van der Waals surface area contributed by atoms with Gasteiger partial charge in [-0.3, -0.25) is 14.9 Å². The molecule has 0 atom stereocenters. The second-order valence-electron chi connectivity index (χ2n) is 7.89. The van der Waals surface area contributed by atoms with E-state index in [4.69, 9.17) is 0 Å². The zero-order valence-corrected chi connectivity index (χ0v) is 19.3. The van der Waals surface area contributed by atoms with E-state index in [0.717, 1.165) is 63.5 Å². The molecule has 6 nitrogen and oxygen atoms in total. The van der Waals surface area contributed by atoms with Gasteiger partial charge in [0.25, 0.3) is 11.8 Å². The topological polar surface area (TPSA) is 78.9 Å². The highest BCUT2D eigenvalue weighted by atomic mass is 79.9. The van der Waals surface area contributed by atoms with Crippen molar-refractivity contribution in [1.82, 2.24) is 20.2 Å². The summed E-state index contributed by atoms with van der Waals surface area (Å²) in [5, 5.41) is 7.74. The number of fused-ring (bicyclic) bond motifs is 2. The first-order chi connectivity index (χ1) is 15.6. The van der Waals surface area contributed by atoms with Crippen molar-refractivity contribution in [3.63, 3.8) is 0 Å². The molecule has 0 unspecified atom stereocenters. The molecule has 0 aliphatic carbocycles. The van der Waals surface area contributed by atoms with Gasteiger partial charge in [-0.1, -0.05) is 47.1 Å². The fourth-order valence-corrected chi connectivity index (χ4v) is 4.80. The molecule has 3 N–H and O–H groups in total. The van der Waals surface area contributed by atoms with Crippen molar-refractivity contribution < 1.29 is 9.59 Å². The number of nitrogens with one attached hydrogen (secondary N) is 3. The standard InChI is InChI=1S/C25H23BrN4O2/c1-2-27-10-5-11-30-14-19(17-9-8-15(26)12-21(17)30)23-22(24(31)29-25(23)32)18-13-28-20-7-4-3-6-16(18)20/h3-4,6-9,12-14,27-28H,2,5,10-11H2,1H3,(H,29,31,32). The molecule has 7 heteroatoms. The van der Waals surface area contributed by atoms with E-state index in [0.29, 0.717) is 11.1 Å². The Labute approximate surface area is 193 Å². The van der Waals surface area contributed by atoms with Crippen molar-refractivity contribution in [3.05, 3.63) is 70.5 Å². The lowest BCUT2D eigenvalue weighted by molar-refractivity contribution is -0.122. The Morgan fingerprint density at radius 1 is 1.00 bits per heavy atom. The van der Waals surface area contributed by atoms with E-state index in [1.807, 2.05) is 48.8 Å². The van der Waals surface area contributed by atoms with Gasteiger partial charge in [0.05, 0.1) is 11.1 Å². The van der Waals surface area contributed by atoms with Crippen LogP contribution in [0.3, 0.4) is 0 Å². The number of halogens is 1. The van der Waals surface area contributed by atoms with Crippen LogP contribution in [0, 0.1) is 0 Å². The summed E-state index contributed by atoms with van der Waals surface area (Å²) in [6.07, 6.45) is 4.78. The molecule has 4 aromatic rings. The van der Waals surface area contributed by atoms with Crippen molar-refractivity contribution in [3.8, 4) is 0 Å². The minimum absolute atomic E-state index is 0.357. The lowest BCUT2D eigenvalue weighted by Crippen LogP contribution is -2.22. The van der Waals surface area contributed by atoms with Gasteiger partial charge in [0, 0.05) is 56.3 Å². The maximum atomic E-state index is 13.0. The van der Waals surface area contributed by atoms with E-state index >= 15 is 0 Å². The van der Waals surface area contributed by atoms with Gasteiger partial charge in [-0.15, -0.1) is 0 Å². The average molecular weight is 491 g/mol. The maximum absolute atomic E-state index is 13.0. The number of aromatic nitrogens is 2. The SMILES string of the molecule is CCNCCCn1cc(C2=C(c3c[nH]c4ccccc34)C(=O)NC2=O)c2ccc(Br)cc21.